The Morgan fingerprint density at radius 3 is 2.18 bits per heavy atom. The molecule has 1 radical (unpaired) electrons. The van der Waals surface area contributed by atoms with E-state index in [1.165, 1.54) is 44.7 Å². The van der Waals surface area contributed by atoms with Crippen LogP contribution >= 0.6 is 0 Å². The molecule has 0 amide bonds. The molecule has 0 bridgehead atoms. The summed E-state index contributed by atoms with van der Waals surface area (Å²) in [7, 11) is 2.10. The van der Waals surface area contributed by atoms with Crippen molar-refractivity contribution in [2.75, 3.05) is 21.7 Å². The fourth-order valence-corrected chi connectivity index (χ4v) is 7.83. The number of benzene rings is 5. The van der Waals surface area contributed by atoms with E-state index in [-0.39, 0.29) is 31.7 Å². The predicted octanol–water partition coefficient (Wildman–Crippen LogP) is 11.8. The summed E-state index contributed by atoms with van der Waals surface area (Å²) in [6.45, 7) is 15.8. The molecule has 50 heavy (non-hydrogen) atoms. The summed E-state index contributed by atoms with van der Waals surface area (Å²) in [5.74, 6) is 0.941. The number of fused-ring (bicyclic) bond motifs is 1. The molecule has 0 saturated heterocycles. The summed E-state index contributed by atoms with van der Waals surface area (Å²) in [6.07, 6.45) is 3.99. The van der Waals surface area contributed by atoms with Crippen LogP contribution in [-0.4, -0.2) is 7.05 Å². The van der Waals surface area contributed by atoms with Gasteiger partial charge in [-0.05, 0) is 71.0 Å². The maximum atomic E-state index is 6.22. The van der Waals surface area contributed by atoms with Crippen molar-refractivity contribution in [3.05, 3.63) is 155 Å². The molecule has 9 rings (SSSR count). The first-order valence-electron chi connectivity index (χ1n) is 17.3. The first-order valence-corrected chi connectivity index (χ1v) is 17.3. The average Bonchev–Trinajstić information content (AvgIpc) is 3.83. The Balaban J connectivity index is 0.000000155. The van der Waals surface area contributed by atoms with Crippen LogP contribution in [0, 0.1) is 18.8 Å². The topological polar surface area (TPSA) is 37.0 Å². The Hall–Kier alpha value is -4.51. The van der Waals surface area contributed by atoms with Crippen LogP contribution in [0.2, 0.25) is 0 Å². The van der Waals surface area contributed by atoms with Crippen LogP contribution in [0.4, 0.5) is 22.7 Å². The predicted molar refractivity (Wildman–Crippen MR) is 204 cm³/mol. The van der Waals surface area contributed by atoms with Crippen molar-refractivity contribution in [1.82, 2.24) is 0 Å². The Kier molecular flexibility index (Phi) is 8.82. The minimum absolute atomic E-state index is 0. The normalized spacial score (nSPS) is 16.7. The molecule has 1 unspecified atom stereocenters. The van der Waals surface area contributed by atoms with Gasteiger partial charge in [0.15, 0.2) is 0 Å². The molecule has 257 valence electrons. The molecule has 5 aromatic carbocycles. The molecule has 1 aromatic heterocycles. The summed E-state index contributed by atoms with van der Waals surface area (Å²) in [6, 6.07) is 38.6. The molecular weight excluding hydrogens is 793 g/mol. The molecule has 3 aliphatic rings. The maximum absolute atomic E-state index is 6.22. The third kappa shape index (κ3) is 5.32. The Morgan fingerprint density at radius 2 is 1.46 bits per heavy atom. The minimum atomic E-state index is -0.146. The zero-order valence-electron chi connectivity index (χ0n) is 29.7. The van der Waals surface area contributed by atoms with E-state index >= 15 is 0 Å². The maximum Gasteiger partial charge on any atom is 0.120 e. The number of hydrogen-bond donors (Lipinski definition) is 0. The molecule has 1 atom stereocenters. The van der Waals surface area contributed by atoms with Gasteiger partial charge in [0.25, 0.3) is 0 Å². The molecule has 5 nitrogen and oxygen atoms in total. The summed E-state index contributed by atoms with van der Waals surface area (Å²) in [4.78, 5) is 6.77. The average molecular weight is 835 g/mol. The van der Waals surface area contributed by atoms with Gasteiger partial charge in [-0.15, -0.1) is 6.07 Å². The van der Waals surface area contributed by atoms with Crippen LogP contribution in [0.1, 0.15) is 87.4 Å². The summed E-state index contributed by atoms with van der Waals surface area (Å²) >= 11 is 0. The van der Waals surface area contributed by atoms with Gasteiger partial charge in [-0.25, -0.2) is 0 Å². The number of furan rings is 1. The summed E-state index contributed by atoms with van der Waals surface area (Å²) < 4.78 is 6.22. The summed E-state index contributed by atoms with van der Waals surface area (Å²) in [5, 5.41) is 7.04. The fourth-order valence-electron chi connectivity index (χ4n) is 7.83. The van der Waals surface area contributed by atoms with Gasteiger partial charge in [-0.3, -0.25) is 0 Å². The molecule has 0 fully saturated rings. The van der Waals surface area contributed by atoms with E-state index in [9.17, 15) is 0 Å². The Bertz CT molecular complexity index is 2190. The Labute approximate surface area is 309 Å². The zero-order chi connectivity index (χ0) is 34.0. The van der Waals surface area contributed by atoms with Gasteiger partial charge in [0, 0.05) is 48.2 Å². The second-order valence-electron chi connectivity index (χ2n) is 14.4. The van der Waals surface area contributed by atoms with Crippen LogP contribution in [0.5, 0.6) is 0 Å². The monoisotopic (exact) mass is 835 g/mol. The van der Waals surface area contributed by atoms with Crippen molar-refractivity contribution in [1.29, 1.82) is 0 Å². The third-order valence-electron chi connectivity index (χ3n) is 10.3. The van der Waals surface area contributed by atoms with Gasteiger partial charge in [-0.1, -0.05) is 95.1 Å². The van der Waals surface area contributed by atoms with Gasteiger partial charge in [-0.2, -0.15) is 60.9 Å². The van der Waals surface area contributed by atoms with Crippen molar-refractivity contribution in [2.24, 2.45) is 0 Å². The largest absolute Gasteiger partial charge is 0.668 e. The molecule has 0 saturated carbocycles. The van der Waals surface area contributed by atoms with Gasteiger partial charge < -0.3 is 24.4 Å². The third-order valence-corrected chi connectivity index (χ3v) is 10.3. The van der Waals surface area contributed by atoms with E-state index in [0.717, 1.165) is 27.8 Å². The number of hydrogen-bond acceptors (Lipinski definition) is 4. The van der Waals surface area contributed by atoms with Crippen molar-refractivity contribution in [3.63, 3.8) is 0 Å². The first kappa shape index (κ1) is 34.0. The van der Waals surface area contributed by atoms with Crippen molar-refractivity contribution >= 4 is 44.7 Å². The zero-order valence-corrected chi connectivity index (χ0v) is 32.0. The van der Waals surface area contributed by atoms with Gasteiger partial charge in [0.2, 0.25) is 0 Å². The van der Waals surface area contributed by atoms with E-state index in [1.807, 2.05) is 30.5 Å². The molecule has 0 N–H and O–H groups in total. The standard InChI is InChI=1S/C23H18N2O.C21H24N2.Ir/c1-23(2)14-7-5-11-18-20(14)21-16(9-6-12-19(21)26-18)25-13-24(3)17-10-4-8-15(23)22(17)25;1-15(2)18-11-8-12-19(16(3)4)20(18)23-14-13-22-21(23)17-9-6-5-7-10-17;/h4-8,10-13H,1-3H3;5-9,11-16,21H,1-4H3;/q2*-2;. The quantitative estimate of drug-likeness (QED) is 0.166. The second kappa shape index (κ2) is 13.0. The molecule has 0 spiro atoms. The fraction of sp³-hybridized carbons (Fsp3) is 0.250. The van der Waals surface area contributed by atoms with Crippen molar-refractivity contribution < 1.29 is 24.5 Å². The first-order chi connectivity index (χ1) is 23.7. The van der Waals surface area contributed by atoms with Crippen LogP contribution in [0.15, 0.2) is 108 Å². The second-order valence-corrected chi connectivity index (χ2v) is 14.4. The number of para-hydroxylation sites is 2. The van der Waals surface area contributed by atoms with E-state index in [0.29, 0.717) is 11.8 Å². The number of nitrogens with zero attached hydrogens (tertiary/aromatic N) is 4. The van der Waals surface area contributed by atoms with Gasteiger partial charge in [0.05, 0.1) is 0 Å². The molecule has 4 heterocycles. The molecule has 6 aromatic rings. The number of rotatable bonds is 4. The van der Waals surface area contributed by atoms with E-state index in [2.05, 4.69) is 160 Å². The van der Waals surface area contributed by atoms with Crippen LogP contribution in [0.3, 0.4) is 0 Å². The van der Waals surface area contributed by atoms with Crippen LogP contribution in [-0.2, 0) is 25.5 Å². The van der Waals surface area contributed by atoms with Crippen molar-refractivity contribution in [3.8, 4) is 0 Å². The SMILES string of the molecule is CC(C)c1cccc(C(C)C)c1N1C=C[N-]C1c1[c-]cccc1.CN1[CH-]N2c3c1cccc3C(C)(C)c1cccc3oc4cc[c-]c2c4c13.[Ir]. The van der Waals surface area contributed by atoms with Gasteiger partial charge >= 0.3 is 0 Å². The molecule has 6 heteroatoms. The van der Waals surface area contributed by atoms with Gasteiger partial charge in [0.1, 0.15) is 5.58 Å². The minimum Gasteiger partial charge on any atom is -0.668 e. The molecule has 3 aliphatic heterocycles. The van der Waals surface area contributed by atoms with Crippen molar-refractivity contribution in [2.45, 2.75) is 65.0 Å². The van der Waals surface area contributed by atoms with Crippen LogP contribution in [0.25, 0.3) is 27.3 Å². The molecular formula is C44H42IrN4O-4. The van der Waals surface area contributed by atoms with Crippen LogP contribution < -0.4 is 14.7 Å². The van der Waals surface area contributed by atoms with E-state index < -0.39 is 0 Å². The number of anilines is 4. The molecule has 0 aliphatic carbocycles. The van der Waals surface area contributed by atoms with E-state index in [1.54, 1.807) is 0 Å². The Morgan fingerprint density at radius 1 is 0.760 bits per heavy atom. The van der Waals surface area contributed by atoms with E-state index in [4.69, 9.17) is 4.42 Å². The summed E-state index contributed by atoms with van der Waals surface area (Å²) in [5.41, 5.74) is 13.0. The smallest absolute Gasteiger partial charge is 0.120 e.